The third kappa shape index (κ3) is 4.29. The quantitative estimate of drug-likeness (QED) is 0.607. The second kappa shape index (κ2) is 7.98. The summed E-state index contributed by atoms with van der Waals surface area (Å²) in [5.41, 5.74) is 0. The van der Waals surface area contributed by atoms with Crippen molar-refractivity contribution in [2.24, 2.45) is 11.8 Å². The number of hydrogen-bond donors (Lipinski definition) is 0. The number of nitrogens with zero attached hydrogens (tertiary/aromatic N) is 1. The molecule has 0 fully saturated rings. The average molecular weight is 241 g/mol. The van der Waals surface area contributed by atoms with Crippen LogP contribution in [0.5, 0.6) is 0 Å². The van der Waals surface area contributed by atoms with Crippen molar-refractivity contribution in [3.05, 3.63) is 0 Å². The maximum Gasteiger partial charge on any atom is 0.222 e. The lowest BCUT2D eigenvalue weighted by molar-refractivity contribution is -0.135. The summed E-state index contributed by atoms with van der Waals surface area (Å²) in [6.45, 7) is 5.82. The Morgan fingerprint density at radius 2 is 1.88 bits per heavy atom. The van der Waals surface area contributed by atoms with Gasteiger partial charge in [0.05, 0.1) is 0 Å². The predicted octanol–water partition coefficient (Wildman–Crippen LogP) is 1.67. The van der Waals surface area contributed by atoms with E-state index in [4.69, 9.17) is 0 Å². The van der Waals surface area contributed by atoms with Crippen molar-refractivity contribution in [3.8, 4) is 0 Å². The highest BCUT2D eigenvalue weighted by molar-refractivity contribution is 5.76. The lowest BCUT2D eigenvalue weighted by atomic mass is 9.85. The first-order chi connectivity index (χ1) is 8.03. The summed E-state index contributed by atoms with van der Waals surface area (Å²) in [4.78, 5) is 35.0. The molecule has 0 aromatic rings. The first-order valence-corrected chi connectivity index (χ1v) is 6.17. The molecule has 0 aliphatic rings. The largest absolute Gasteiger partial charge is 0.342 e. The van der Waals surface area contributed by atoms with E-state index in [2.05, 4.69) is 0 Å². The van der Waals surface area contributed by atoms with Crippen LogP contribution in [0.4, 0.5) is 0 Å². The fourth-order valence-electron chi connectivity index (χ4n) is 2.13. The smallest absolute Gasteiger partial charge is 0.222 e. The zero-order valence-electron chi connectivity index (χ0n) is 11.2. The number of aldehydes is 2. The van der Waals surface area contributed by atoms with Crippen LogP contribution in [0.1, 0.15) is 40.0 Å². The van der Waals surface area contributed by atoms with Gasteiger partial charge in [-0.3, -0.25) is 4.79 Å². The molecule has 0 heterocycles. The van der Waals surface area contributed by atoms with Crippen LogP contribution in [0.2, 0.25) is 0 Å². The maximum absolute atomic E-state index is 11.7. The summed E-state index contributed by atoms with van der Waals surface area (Å²) in [5, 5.41) is 0. The van der Waals surface area contributed by atoms with E-state index in [-0.39, 0.29) is 24.3 Å². The van der Waals surface area contributed by atoms with Gasteiger partial charge in [-0.1, -0.05) is 27.2 Å². The standard InChI is InChI=1S/C13H23NO3/c1-5-10(3)13(11(9-16)7-8-15)14(4)12(17)6-2/h8-11,13H,5-7H2,1-4H3/t10-,11-,13?/m0/s1. The van der Waals surface area contributed by atoms with E-state index in [9.17, 15) is 14.4 Å². The average Bonchev–Trinajstić information content (AvgIpc) is 2.36. The molecule has 0 saturated heterocycles. The van der Waals surface area contributed by atoms with Gasteiger partial charge in [-0.25, -0.2) is 0 Å². The molecule has 0 rings (SSSR count). The Morgan fingerprint density at radius 3 is 2.24 bits per heavy atom. The minimum absolute atomic E-state index is 0.00745. The molecule has 0 radical (unpaired) electrons. The topological polar surface area (TPSA) is 54.5 Å². The Kier molecular flexibility index (Phi) is 7.42. The fourth-order valence-corrected chi connectivity index (χ4v) is 2.13. The normalized spacial score (nSPS) is 15.8. The number of carbonyl (C=O) groups excluding carboxylic acids is 3. The van der Waals surface area contributed by atoms with E-state index < -0.39 is 5.92 Å². The Morgan fingerprint density at radius 1 is 1.29 bits per heavy atom. The van der Waals surface area contributed by atoms with Crippen molar-refractivity contribution >= 4 is 18.5 Å². The summed E-state index contributed by atoms with van der Waals surface area (Å²) in [6, 6.07) is -0.185. The molecule has 3 atom stereocenters. The monoisotopic (exact) mass is 241 g/mol. The first-order valence-electron chi connectivity index (χ1n) is 6.17. The van der Waals surface area contributed by atoms with Crippen molar-refractivity contribution in [1.82, 2.24) is 4.90 Å². The Balaban J connectivity index is 5.02. The molecule has 17 heavy (non-hydrogen) atoms. The van der Waals surface area contributed by atoms with Gasteiger partial charge in [-0.2, -0.15) is 0 Å². The SMILES string of the molecule is CCC(=O)N(C)C([C@H](C=O)CC=O)[C@@H](C)CC. The van der Waals surface area contributed by atoms with Crippen molar-refractivity contribution < 1.29 is 14.4 Å². The predicted molar refractivity (Wildman–Crippen MR) is 66.5 cm³/mol. The van der Waals surface area contributed by atoms with Gasteiger partial charge < -0.3 is 14.5 Å². The molecular weight excluding hydrogens is 218 g/mol. The lowest BCUT2D eigenvalue weighted by Crippen LogP contribution is -2.46. The molecule has 0 spiro atoms. The van der Waals surface area contributed by atoms with Crippen LogP contribution in [0.25, 0.3) is 0 Å². The molecule has 0 saturated carbocycles. The van der Waals surface area contributed by atoms with Crippen molar-refractivity contribution in [3.63, 3.8) is 0 Å². The third-order valence-electron chi connectivity index (χ3n) is 3.35. The van der Waals surface area contributed by atoms with Crippen molar-refractivity contribution in [2.45, 2.75) is 46.1 Å². The number of rotatable bonds is 8. The molecule has 0 bridgehead atoms. The minimum atomic E-state index is -0.400. The number of amides is 1. The molecule has 98 valence electrons. The highest BCUT2D eigenvalue weighted by atomic mass is 16.2. The van der Waals surface area contributed by atoms with Crippen molar-refractivity contribution in [1.29, 1.82) is 0 Å². The summed E-state index contributed by atoms with van der Waals surface area (Å²) in [6.07, 6.45) is 3.01. The molecule has 4 nitrogen and oxygen atoms in total. The van der Waals surface area contributed by atoms with E-state index in [1.54, 1.807) is 18.9 Å². The zero-order chi connectivity index (χ0) is 13.4. The van der Waals surface area contributed by atoms with Crippen molar-refractivity contribution in [2.75, 3.05) is 7.05 Å². The van der Waals surface area contributed by atoms with Crippen LogP contribution >= 0.6 is 0 Å². The summed E-state index contributed by atoms with van der Waals surface area (Å²) >= 11 is 0. The van der Waals surface area contributed by atoms with Crippen LogP contribution in [0, 0.1) is 11.8 Å². The molecule has 1 unspecified atom stereocenters. The van der Waals surface area contributed by atoms with E-state index >= 15 is 0 Å². The number of carbonyl (C=O) groups is 3. The van der Waals surface area contributed by atoms with E-state index in [0.717, 1.165) is 19.0 Å². The lowest BCUT2D eigenvalue weighted by Gasteiger charge is -2.35. The molecular formula is C13H23NO3. The van der Waals surface area contributed by atoms with Crippen LogP contribution in [0.3, 0.4) is 0 Å². The van der Waals surface area contributed by atoms with Crippen LogP contribution in [0.15, 0.2) is 0 Å². The molecule has 0 aromatic carbocycles. The number of hydrogen-bond acceptors (Lipinski definition) is 3. The Labute approximate surface area is 103 Å². The summed E-state index contributed by atoms with van der Waals surface area (Å²) in [5.74, 6) is -0.193. The van der Waals surface area contributed by atoms with E-state index in [0.29, 0.717) is 6.42 Å². The maximum atomic E-state index is 11.7. The summed E-state index contributed by atoms with van der Waals surface area (Å²) < 4.78 is 0. The third-order valence-corrected chi connectivity index (χ3v) is 3.35. The molecule has 1 amide bonds. The second-order valence-electron chi connectivity index (χ2n) is 4.44. The van der Waals surface area contributed by atoms with Gasteiger partial charge in [0.2, 0.25) is 5.91 Å². The van der Waals surface area contributed by atoms with Gasteiger partial charge in [0.25, 0.3) is 0 Å². The van der Waals surface area contributed by atoms with Gasteiger partial charge in [-0.05, 0) is 5.92 Å². The molecule has 4 heteroatoms. The molecule has 0 aliphatic heterocycles. The summed E-state index contributed by atoms with van der Waals surface area (Å²) in [7, 11) is 1.71. The highest BCUT2D eigenvalue weighted by Gasteiger charge is 2.31. The molecule has 0 aromatic heterocycles. The first kappa shape index (κ1) is 15.8. The van der Waals surface area contributed by atoms with Gasteiger partial charge in [0.1, 0.15) is 12.6 Å². The fraction of sp³-hybridized carbons (Fsp3) is 0.769. The van der Waals surface area contributed by atoms with Gasteiger partial charge >= 0.3 is 0 Å². The van der Waals surface area contributed by atoms with Crippen LogP contribution in [-0.4, -0.2) is 36.5 Å². The second-order valence-corrected chi connectivity index (χ2v) is 4.44. The van der Waals surface area contributed by atoms with Gasteiger partial charge in [0.15, 0.2) is 0 Å². The van der Waals surface area contributed by atoms with E-state index in [1.807, 2.05) is 13.8 Å². The Bertz CT molecular complexity index is 265. The van der Waals surface area contributed by atoms with Gasteiger partial charge in [-0.15, -0.1) is 0 Å². The van der Waals surface area contributed by atoms with Crippen LogP contribution < -0.4 is 0 Å². The van der Waals surface area contributed by atoms with E-state index in [1.165, 1.54) is 0 Å². The molecule has 0 aliphatic carbocycles. The zero-order valence-corrected chi connectivity index (χ0v) is 11.2. The minimum Gasteiger partial charge on any atom is -0.342 e. The Hall–Kier alpha value is -1.19. The highest BCUT2D eigenvalue weighted by Crippen LogP contribution is 2.22. The van der Waals surface area contributed by atoms with Crippen LogP contribution in [-0.2, 0) is 14.4 Å². The molecule has 0 N–H and O–H groups in total. The van der Waals surface area contributed by atoms with Gasteiger partial charge in [0, 0.05) is 31.8 Å².